The number of nitrogens with zero attached hydrogens (tertiary/aromatic N) is 1. The quantitative estimate of drug-likeness (QED) is 0.622. The summed E-state index contributed by atoms with van der Waals surface area (Å²) in [5, 5.41) is 31.5. The number of aliphatic carboxylic acids is 1. The predicted octanol–water partition coefficient (Wildman–Crippen LogP) is 1.75. The van der Waals surface area contributed by atoms with Gasteiger partial charge < -0.3 is 25.5 Å². The number of rotatable bonds is 6. The molecule has 0 radical (unpaired) electrons. The van der Waals surface area contributed by atoms with Crippen LogP contribution in [0.5, 0.6) is 11.5 Å². The number of amides is 1. The number of hydrogen-bond acceptors (Lipinski definition) is 5. The summed E-state index contributed by atoms with van der Waals surface area (Å²) in [4.78, 5) is 24.9. The molecule has 1 aliphatic heterocycles. The van der Waals surface area contributed by atoms with Crippen LogP contribution in [-0.4, -0.2) is 58.3 Å². The van der Waals surface area contributed by atoms with E-state index in [0.29, 0.717) is 31.1 Å². The predicted molar refractivity (Wildman–Crippen MR) is 93.0 cm³/mol. The van der Waals surface area contributed by atoms with Crippen LogP contribution in [0.15, 0.2) is 12.1 Å². The number of piperidine rings is 1. The minimum atomic E-state index is -0.878. The fourth-order valence-electron chi connectivity index (χ4n) is 3.12. The van der Waals surface area contributed by atoms with Gasteiger partial charge in [-0.3, -0.25) is 9.59 Å². The largest absolute Gasteiger partial charge is 0.508 e. The highest BCUT2D eigenvalue weighted by Gasteiger charge is 2.26. The Morgan fingerprint density at radius 2 is 1.84 bits per heavy atom. The molecular formula is C18H26N2O5. The number of phenols is 2. The topological polar surface area (TPSA) is 110 Å². The van der Waals surface area contributed by atoms with E-state index < -0.39 is 5.97 Å². The van der Waals surface area contributed by atoms with Gasteiger partial charge in [0.05, 0.1) is 12.1 Å². The highest BCUT2D eigenvalue weighted by molar-refractivity contribution is 5.97. The Morgan fingerprint density at radius 1 is 1.20 bits per heavy atom. The summed E-state index contributed by atoms with van der Waals surface area (Å²) in [6, 6.07) is 2.79. The van der Waals surface area contributed by atoms with Crippen LogP contribution in [0.4, 0.5) is 0 Å². The molecule has 0 unspecified atom stereocenters. The lowest BCUT2D eigenvalue weighted by molar-refractivity contribution is -0.136. The van der Waals surface area contributed by atoms with Crippen molar-refractivity contribution in [3.05, 3.63) is 23.3 Å². The second-order valence-corrected chi connectivity index (χ2v) is 6.84. The van der Waals surface area contributed by atoms with Gasteiger partial charge in [0, 0.05) is 19.2 Å². The summed E-state index contributed by atoms with van der Waals surface area (Å²) in [6.07, 6.45) is 1.57. The van der Waals surface area contributed by atoms with Crippen LogP contribution in [0, 0.1) is 5.92 Å². The van der Waals surface area contributed by atoms with E-state index >= 15 is 0 Å². The molecule has 1 heterocycles. The van der Waals surface area contributed by atoms with Gasteiger partial charge in [-0.1, -0.05) is 13.8 Å². The van der Waals surface area contributed by atoms with Gasteiger partial charge in [0.25, 0.3) is 5.91 Å². The van der Waals surface area contributed by atoms with Gasteiger partial charge in [0.2, 0.25) is 0 Å². The van der Waals surface area contributed by atoms with Gasteiger partial charge in [-0.25, -0.2) is 0 Å². The zero-order valence-corrected chi connectivity index (χ0v) is 14.7. The van der Waals surface area contributed by atoms with Crippen molar-refractivity contribution < 1.29 is 24.9 Å². The van der Waals surface area contributed by atoms with E-state index in [1.807, 2.05) is 13.8 Å². The second kappa shape index (κ2) is 8.20. The first kappa shape index (κ1) is 19.1. The molecule has 0 atom stereocenters. The number of carbonyl (C=O) groups excluding carboxylic acids is 1. The minimum Gasteiger partial charge on any atom is -0.508 e. The van der Waals surface area contributed by atoms with Gasteiger partial charge in [-0.15, -0.1) is 0 Å². The van der Waals surface area contributed by atoms with Crippen molar-refractivity contribution in [3.8, 4) is 11.5 Å². The molecule has 0 aromatic heterocycles. The fraction of sp³-hybridized carbons (Fsp3) is 0.556. The van der Waals surface area contributed by atoms with Gasteiger partial charge >= 0.3 is 5.97 Å². The normalized spacial score (nSPS) is 15.6. The first-order chi connectivity index (χ1) is 11.8. The first-order valence-corrected chi connectivity index (χ1v) is 8.57. The van der Waals surface area contributed by atoms with Crippen molar-refractivity contribution >= 4 is 11.9 Å². The molecule has 2 rings (SSSR count). The monoisotopic (exact) mass is 350 g/mol. The number of phenolic OH excluding ortho intramolecular Hbond substituents is 2. The SMILES string of the molecule is CC(C)c1cc(C(=O)N2CCC(CNCC(=O)O)CC2)c(O)cc1O. The highest BCUT2D eigenvalue weighted by atomic mass is 16.4. The van der Waals surface area contributed by atoms with Crippen LogP contribution >= 0.6 is 0 Å². The molecule has 0 saturated carbocycles. The zero-order valence-electron chi connectivity index (χ0n) is 14.7. The average molecular weight is 350 g/mol. The van der Waals surface area contributed by atoms with Crippen LogP contribution in [0.2, 0.25) is 0 Å². The summed E-state index contributed by atoms with van der Waals surface area (Å²) in [7, 11) is 0. The maximum Gasteiger partial charge on any atom is 0.317 e. The summed E-state index contributed by atoms with van der Waals surface area (Å²) in [6.45, 7) is 5.52. The number of nitrogens with one attached hydrogen (secondary N) is 1. The van der Waals surface area contributed by atoms with E-state index in [-0.39, 0.29) is 35.4 Å². The molecular weight excluding hydrogens is 324 g/mol. The number of likely N-dealkylation sites (tertiary alicyclic amines) is 1. The van der Waals surface area contributed by atoms with E-state index in [1.54, 1.807) is 11.0 Å². The Kier molecular flexibility index (Phi) is 6.25. The van der Waals surface area contributed by atoms with Crippen LogP contribution in [-0.2, 0) is 4.79 Å². The lowest BCUT2D eigenvalue weighted by Crippen LogP contribution is -2.41. The molecule has 7 heteroatoms. The second-order valence-electron chi connectivity index (χ2n) is 6.84. The third-order valence-corrected chi connectivity index (χ3v) is 4.61. The third-order valence-electron chi connectivity index (χ3n) is 4.61. The standard InChI is InChI=1S/C18H26N2O5/c1-11(2)13-7-14(16(22)8-15(13)21)18(25)20-5-3-12(4-6-20)9-19-10-17(23)24/h7-8,11-12,19,21-22H,3-6,9-10H2,1-2H3,(H,23,24). The molecule has 4 N–H and O–H groups in total. The maximum atomic E-state index is 12.7. The van der Waals surface area contributed by atoms with Crippen molar-refractivity contribution in [1.29, 1.82) is 0 Å². The van der Waals surface area contributed by atoms with Crippen molar-refractivity contribution in [2.24, 2.45) is 5.92 Å². The number of carboxylic acids is 1. The van der Waals surface area contributed by atoms with Gasteiger partial charge in [0.1, 0.15) is 11.5 Å². The molecule has 1 saturated heterocycles. The van der Waals surface area contributed by atoms with E-state index in [2.05, 4.69) is 5.32 Å². The number of benzene rings is 1. The van der Waals surface area contributed by atoms with E-state index in [0.717, 1.165) is 12.8 Å². The van der Waals surface area contributed by atoms with Crippen molar-refractivity contribution in [1.82, 2.24) is 10.2 Å². The number of carbonyl (C=O) groups is 2. The molecule has 1 aromatic carbocycles. The summed E-state index contributed by atoms with van der Waals surface area (Å²) in [5.41, 5.74) is 0.845. The molecule has 7 nitrogen and oxygen atoms in total. The van der Waals surface area contributed by atoms with Crippen molar-refractivity contribution in [2.75, 3.05) is 26.2 Å². The van der Waals surface area contributed by atoms with Crippen LogP contribution < -0.4 is 5.32 Å². The van der Waals surface area contributed by atoms with E-state index in [4.69, 9.17) is 5.11 Å². The lowest BCUT2D eigenvalue weighted by Gasteiger charge is -2.32. The number of aromatic hydroxyl groups is 2. The molecule has 0 aliphatic carbocycles. The Hall–Kier alpha value is -2.28. The molecule has 0 spiro atoms. The summed E-state index contributed by atoms with van der Waals surface area (Å²) >= 11 is 0. The van der Waals surface area contributed by atoms with Gasteiger partial charge in [0.15, 0.2) is 0 Å². The molecule has 1 amide bonds. The maximum absolute atomic E-state index is 12.7. The molecule has 1 fully saturated rings. The van der Waals surface area contributed by atoms with E-state index in [9.17, 15) is 19.8 Å². The third kappa shape index (κ3) is 4.85. The number of hydrogen-bond donors (Lipinski definition) is 4. The van der Waals surface area contributed by atoms with Gasteiger partial charge in [-0.2, -0.15) is 0 Å². The average Bonchev–Trinajstić information content (AvgIpc) is 2.54. The fourth-order valence-corrected chi connectivity index (χ4v) is 3.12. The smallest absolute Gasteiger partial charge is 0.317 e. The van der Waals surface area contributed by atoms with Gasteiger partial charge in [-0.05, 0) is 42.9 Å². The summed E-state index contributed by atoms with van der Waals surface area (Å²) < 4.78 is 0. The number of carboxylic acid groups (broad SMARTS) is 1. The molecule has 25 heavy (non-hydrogen) atoms. The Bertz CT molecular complexity index is 637. The first-order valence-electron chi connectivity index (χ1n) is 8.57. The van der Waals surface area contributed by atoms with Crippen LogP contribution in [0.1, 0.15) is 48.5 Å². The Morgan fingerprint density at radius 3 is 2.40 bits per heavy atom. The van der Waals surface area contributed by atoms with E-state index in [1.165, 1.54) is 6.07 Å². The molecule has 1 aromatic rings. The molecule has 0 bridgehead atoms. The van der Waals surface area contributed by atoms with Crippen LogP contribution in [0.25, 0.3) is 0 Å². The molecule has 1 aliphatic rings. The Labute approximate surface area is 147 Å². The van der Waals surface area contributed by atoms with Crippen molar-refractivity contribution in [2.45, 2.75) is 32.6 Å². The minimum absolute atomic E-state index is 0.00716. The lowest BCUT2D eigenvalue weighted by atomic mass is 9.95. The van der Waals surface area contributed by atoms with Crippen LogP contribution in [0.3, 0.4) is 0 Å². The highest BCUT2D eigenvalue weighted by Crippen LogP contribution is 2.33. The summed E-state index contributed by atoms with van der Waals surface area (Å²) in [5.74, 6) is -0.960. The Balaban J connectivity index is 1.98. The zero-order chi connectivity index (χ0) is 18.6. The molecule has 138 valence electrons. The van der Waals surface area contributed by atoms with Crippen molar-refractivity contribution in [3.63, 3.8) is 0 Å².